The molecule has 0 radical (unpaired) electrons. The Labute approximate surface area is 151 Å². The summed E-state index contributed by atoms with van der Waals surface area (Å²) >= 11 is 0. The van der Waals surface area contributed by atoms with Crippen molar-refractivity contribution in [1.82, 2.24) is 20.5 Å². The molecule has 0 aliphatic rings. The summed E-state index contributed by atoms with van der Waals surface area (Å²) < 4.78 is 5.33. The molecule has 0 spiro atoms. The molecule has 3 rings (SSSR count). The molecule has 7 heteroatoms. The number of benzene rings is 1. The van der Waals surface area contributed by atoms with E-state index < -0.39 is 0 Å². The van der Waals surface area contributed by atoms with Gasteiger partial charge >= 0.3 is 0 Å². The Kier molecular flexibility index (Phi) is 5.38. The minimum Gasteiger partial charge on any atom is -0.495 e. The van der Waals surface area contributed by atoms with E-state index in [0.717, 1.165) is 16.9 Å². The minimum absolute atomic E-state index is 0.239. The average molecular weight is 349 g/mol. The first-order valence-electron chi connectivity index (χ1n) is 8.09. The fourth-order valence-electron chi connectivity index (χ4n) is 2.34. The highest BCUT2D eigenvalue weighted by Gasteiger charge is 2.09. The van der Waals surface area contributed by atoms with Crippen LogP contribution in [0.5, 0.6) is 5.75 Å². The third kappa shape index (κ3) is 4.32. The van der Waals surface area contributed by atoms with Crippen LogP contribution in [0, 0.1) is 6.92 Å². The van der Waals surface area contributed by atoms with Gasteiger partial charge in [0.05, 0.1) is 25.0 Å². The van der Waals surface area contributed by atoms with Crippen molar-refractivity contribution in [3.8, 4) is 5.75 Å². The van der Waals surface area contributed by atoms with E-state index >= 15 is 0 Å². The van der Waals surface area contributed by atoms with Crippen molar-refractivity contribution >= 4 is 17.4 Å². The van der Waals surface area contributed by atoms with Gasteiger partial charge in [0.15, 0.2) is 11.5 Å². The van der Waals surface area contributed by atoms with E-state index in [-0.39, 0.29) is 11.6 Å². The van der Waals surface area contributed by atoms with Gasteiger partial charge < -0.3 is 15.4 Å². The summed E-state index contributed by atoms with van der Waals surface area (Å²) in [6.45, 7) is 2.33. The normalized spacial score (nSPS) is 10.2. The van der Waals surface area contributed by atoms with Crippen molar-refractivity contribution < 1.29 is 9.53 Å². The number of ether oxygens (including phenoxy) is 1. The number of carbonyl (C=O) groups is 1. The molecule has 7 nitrogen and oxygen atoms in total. The van der Waals surface area contributed by atoms with Gasteiger partial charge in [-0.2, -0.15) is 0 Å². The molecule has 26 heavy (non-hydrogen) atoms. The Morgan fingerprint density at radius 1 is 1.12 bits per heavy atom. The van der Waals surface area contributed by atoms with Crippen LogP contribution in [0.1, 0.15) is 21.7 Å². The Morgan fingerprint density at radius 2 is 2.00 bits per heavy atom. The quantitative estimate of drug-likeness (QED) is 0.711. The number of methoxy groups -OCH3 is 1. The van der Waals surface area contributed by atoms with Crippen LogP contribution in [0.3, 0.4) is 0 Å². The minimum atomic E-state index is -0.303. The first-order valence-corrected chi connectivity index (χ1v) is 8.09. The fraction of sp³-hybridized carbons (Fsp3) is 0.158. The van der Waals surface area contributed by atoms with Gasteiger partial charge in [-0.25, -0.2) is 0 Å². The van der Waals surface area contributed by atoms with Crippen molar-refractivity contribution in [2.75, 3.05) is 12.4 Å². The molecule has 1 amide bonds. The summed E-state index contributed by atoms with van der Waals surface area (Å²) in [5.74, 6) is 0.924. The Morgan fingerprint density at radius 3 is 2.69 bits per heavy atom. The summed E-state index contributed by atoms with van der Waals surface area (Å²) in [7, 11) is 1.61. The Balaban J connectivity index is 1.65. The molecule has 0 aliphatic heterocycles. The van der Waals surface area contributed by atoms with Gasteiger partial charge in [-0.3, -0.25) is 9.78 Å². The maximum atomic E-state index is 12.2. The average Bonchev–Trinajstić information content (AvgIpc) is 2.68. The van der Waals surface area contributed by atoms with Crippen molar-refractivity contribution in [2.24, 2.45) is 0 Å². The summed E-state index contributed by atoms with van der Waals surface area (Å²) in [4.78, 5) is 16.3. The van der Waals surface area contributed by atoms with E-state index in [1.807, 2.05) is 43.3 Å². The molecular weight excluding hydrogens is 330 g/mol. The Bertz CT molecular complexity index is 882. The van der Waals surface area contributed by atoms with Gasteiger partial charge in [0.1, 0.15) is 5.75 Å². The summed E-state index contributed by atoms with van der Waals surface area (Å²) in [6, 6.07) is 14.6. The number of rotatable bonds is 6. The van der Waals surface area contributed by atoms with E-state index in [1.165, 1.54) is 0 Å². The molecule has 0 fully saturated rings. The van der Waals surface area contributed by atoms with Crippen LogP contribution in [0.2, 0.25) is 0 Å². The monoisotopic (exact) mass is 349 g/mol. The van der Waals surface area contributed by atoms with Gasteiger partial charge in [-0.05, 0) is 48.9 Å². The molecule has 1 aromatic carbocycles. The van der Waals surface area contributed by atoms with Crippen LogP contribution in [-0.2, 0) is 6.54 Å². The maximum Gasteiger partial charge on any atom is 0.272 e. The van der Waals surface area contributed by atoms with Crippen LogP contribution in [-0.4, -0.2) is 28.2 Å². The van der Waals surface area contributed by atoms with Crippen molar-refractivity contribution in [2.45, 2.75) is 13.5 Å². The van der Waals surface area contributed by atoms with E-state index in [2.05, 4.69) is 25.8 Å². The second-order valence-corrected chi connectivity index (χ2v) is 5.64. The number of carbonyl (C=O) groups excluding carboxylic acids is 1. The second-order valence-electron chi connectivity index (χ2n) is 5.64. The van der Waals surface area contributed by atoms with Crippen molar-refractivity contribution in [3.05, 3.63) is 71.7 Å². The molecule has 132 valence electrons. The van der Waals surface area contributed by atoms with E-state index in [4.69, 9.17) is 4.74 Å². The molecule has 2 N–H and O–H groups in total. The number of aryl methyl sites for hydroxylation is 1. The molecule has 0 bridgehead atoms. The van der Waals surface area contributed by atoms with Crippen LogP contribution in [0.25, 0.3) is 0 Å². The molecule has 2 aromatic heterocycles. The molecule has 0 saturated carbocycles. The number of pyridine rings is 1. The summed E-state index contributed by atoms with van der Waals surface area (Å²) in [5.41, 5.74) is 2.89. The smallest absolute Gasteiger partial charge is 0.272 e. The third-order valence-corrected chi connectivity index (χ3v) is 3.67. The fourth-order valence-corrected chi connectivity index (χ4v) is 2.34. The lowest BCUT2D eigenvalue weighted by Crippen LogP contribution is -2.24. The molecule has 0 unspecified atom stereocenters. The van der Waals surface area contributed by atoms with Crippen LogP contribution < -0.4 is 15.4 Å². The number of anilines is 2. The number of hydrogen-bond donors (Lipinski definition) is 2. The Hall–Kier alpha value is -3.48. The number of nitrogens with zero attached hydrogens (tertiary/aromatic N) is 3. The lowest BCUT2D eigenvalue weighted by molar-refractivity contribution is 0.0944. The molecule has 0 saturated heterocycles. The standard InChI is InChI=1S/C19H19N5O2/c1-13-6-8-17(26-2)16(11-13)22-18-9-7-15(23-24-18)19(25)21-12-14-5-3-4-10-20-14/h3-11H,12H2,1-2H3,(H,21,25)(H,22,24). The highest BCUT2D eigenvalue weighted by atomic mass is 16.5. The lowest BCUT2D eigenvalue weighted by Gasteiger charge is -2.11. The zero-order valence-corrected chi connectivity index (χ0v) is 14.6. The zero-order valence-electron chi connectivity index (χ0n) is 14.6. The SMILES string of the molecule is COc1ccc(C)cc1Nc1ccc(C(=O)NCc2ccccn2)nn1. The van der Waals surface area contributed by atoms with Crippen LogP contribution in [0.15, 0.2) is 54.7 Å². The van der Waals surface area contributed by atoms with Gasteiger partial charge in [0, 0.05) is 6.20 Å². The second kappa shape index (κ2) is 8.06. The number of nitrogens with one attached hydrogen (secondary N) is 2. The zero-order chi connectivity index (χ0) is 18.4. The molecule has 3 aromatic rings. The van der Waals surface area contributed by atoms with Gasteiger partial charge in [-0.1, -0.05) is 12.1 Å². The molecule has 2 heterocycles. The van der Waals surface area contributed by atoms with Gasteiger partial charge in [0.25, 0.3) is 5.91 Å². The highest BCUT2D eigenvalue weighted by molar-refractivity contribution is 5.92. The number of hydrogen-bond acceptors (Lipinski definition) is 6. The summed E-state index contributed by atoms with van der Waals surface area (Å²) in [5, 5.41) is 14.0. The first kappa shape index (κ1) is 17.3. The molecule has 0 aliphatic carbocycles. The van der Waals surface area contributed by atoms with Crippen LogP contribution >= 0.6 is 0 Å². The first-order chi connectivity index (χ1) is 12.7. The van der Waals surface area contributed by atoms with E-state index in [9.17, 15) is 4.79 Å². The highest BCUT2D eigenvalue weighted by Crippen LogP contribution is 2.27. The van der Waals surface area contributed by atoms with Crippen molar-refractivity contribution in [3.63, 3.8) is 0 Å². The molecular formula is C19H19N5O2. The largest absolute Gasteiger partial charge is 0.495 e. The maximum absolute atomic E-state index is 12.2. The predicted octanol–water partition coefficient (Wildman–Crippen LogP) is 2.86. The van der Waals surface area contributed by atoms with E-state index in [1.54, 1.807) is 25.4 Å². The van der Waals surface area contributed by atoms with Gasteiger partial charge in [0.2, 0.25) is 0 Å². The predicted molar refractivity (Wildman–Crippen MR) is 98.5 cm³/mol. The van der Waals surface area contributed by atoms with Crippen molar-refractivity contribution in [1.29, 1.82) is 0 Å². The van der Waals surface area contributed by atoms with E-state index in [0.29, 0.717) is 18.1 Å². The topological polar surface area (TPSA) is 89.0 Å². The third-order valence-electron chi connectivity index (χ3n) is 3.67. The lowest BCUT2D eigenvalue weighted by atomic mass is 10.2. The van der Waals surface area contributed by atoms with Crippen LogP contribution in [0.4, 0.5) is 11.5 Å². The number of amides is 1. The number of aromatic nitrogens is 3. The van der Waals surface area contributed by atoms with Gasteiger partial charge in [-0.15, -0.1) is 10.2 Å². The summed E-state index contributed by atoms with van der Waals surface area (Å²) in [6.07, 6.45) is 1.68. The molecule has 0 atom stereocenters.